The topological polar surface area (TPSA) is 47.6 Å². The second-order valence-corrected chi connectivity index (χ2v) is 4.68. The molecular weight excluding hydrogens is 254 g/mol. The molecule has 0 bridgehead atoms. The Morgan fingerprint density at radius 1 is 1.25 bits per heavy atom. The largest absolute Gasteiger partial charge is 0.497 e. The molecule has 0 saturated carbocycles. The van der Waals surface area contributed by atoms with Gasteiger partial charge in [0.05, 0.1) is 14.2 Å². The number of rotatable bonds is 7. The van der Waals surface area contributed by atoms with Gasteiger partial charge in [-0.1, -0.05) is 13.3 Å². The van der Waals surface area contributed by atoms with Gasteiger partial charge in [-0.25, -0.2) is 0 Å². The number of ether oxygens (including phenoxy) is 2. The smallest absolute Gasteiger partial charge is 0.244 e. The first-order chi connectivity index (χ1) is 9.58. The van der Waals surface area contributed by atoms with Crippen LogP contribution in [0.3, 0.4) is 0 Å². The average molecular weight is 277 g/mol. The molecule has 0 aliphatic carbocycles. The van der Waals surface area contributed by atoms with E-state index in [1.807, 2.05) is 19.1 Å². The fraction of sp³-hybridized carbons (Fsp3) is 0.438. The molecule has 1 unspecified atom stereocenters. The molecule has 110 valence electrons. The number of hydrogen-bond acceptors (Lipinski definition) is 3. The monoisotopic (exact) mass is 277 g/mol. The van der Waals surface area contributed by atoms with E-state index in [1.54, 1.807) is 26.4 Å². The normalized spacial score (nSPS) is 12.2. The van der Waals surface area contributed by atoms with Crippen LogP contribution in [-0.2, 0) is 4.79 Å². The van der Waals surface area contributed by atoms with E-state index in [0.29, 0.717) is 11.5 Å². The van der Waals surface area contributed by atoms with Gasteiger partial charge in [-0.15, -0.1) is 0 Å². The highest BCUT2D eigenvalue weighted by Crippen LogP contribution is 2.23. The first kappa shape index (κ1) is 16.1. The minimum Gasteiger partial charge on any atom is -0.497 e. The van der Waals surface area contributed by atoms with Crippen molar-refractivity contribution >= 4 is 12.0 Å². The molecule has 0 aliphatic heterocycles. The highest BCUT2D eigenvalue weighted by Gasteiger charge is 2.03. The van der Waals surface area contributed by atoms with Crippen LogP contribution in [0.1, 0.15) is 32.3 Å². The molecule has 1 rings (SSSR count). The van der Waals surface area contributed by atoms with Gasteiger partial charge in [0.25, 0.3) is 0 Å². The summed E-state index contributed by atoms with van der Waals surface area (Å²) in [6.45, 7) is 4.10. The third kappa shape index (κ3) is 5.34. The molecule has 0 heterocycles. The fourth-order valence-electron chi connectivity index (χ4n) is 1.89. The first-order valence-corrected chi connectivity index (χ1v) is 6.80. The lowest BCUT2D eigenvalue weighted by Gasteiger charge is -2.10. The Hall–Kier alpha value is -1.97. The molecule has 4 nitrogen and oxygen atoms in total. The number of methoxy groups -OCH3 is 2. The van der Waals surface area contributed by atoms with Gasteiger partial charge in [-0.3, -0.25) is 4.79 Å². The van der Waals surface area contributed by atoms with E-state index >= 15 is 0 Å². The lowest BCUT2D eigenvalue weighted by molar-refractivity contribution is -0.117. The Labute approximate surface area is 120 Å². The second kappa shape index (κ2) is 8.25. The van der Waals surface area contributed by atoms with Gasteiger partial charge in [-0.05, 0) is 37.1 Å². The van der Waals surface area contributed by atoms with Crippen LogP contribution in [0.15, 0.2) is 24.3 Å². The summed E-state index contributed by atoms with van der Waals surface area (Å²) in [5.74, 6) is 1.31. The number of carbonyl (C=O) groups is 1. The summed E-state index contributed by atoms with van der Waals surface area (Å²) in [5, 5.41) is 2.92. The van der Waals surface area contributed by atoms with E-state index in [-0.39, 0.29) is 11.9 Å². The molecular formula is C16H23NO3. The van der Waals surface area contributed by atoms with Gasteiger partial charge in [-0.2, -0.15) is 0 Å². The van der Waals surface area contributed by atoms with Crippen molar-refractivity contribution < 1.29 is 14.3 Å². The maximum absolute atomic E-state index is 11.8. The maximum Gasteiger partial charge on any atom is 0.244 e. The van der Waals surface area contributed by atoms with Gasteiger partial charge < -0.3 is 14.8 Å². The molecule has 0 aliphatic rings. The van der Waals surface area contributed by atoms with Crippen molar-refractivity contribution in [3.05, 3.63) is 29.8 Å². The zero-order chi connectivity index (χ0) is 15.0. The molecule has 1 aromatic rings. The predicted molar refractivity (Wildman–Crippen MR) is 81.1 cm³/mol. The molecule has 1 N–H and O–H groups in total. The Morgan fingerprint density at radius 2 is 1.85 bits per heavy atom. The highest BCUT2D eigenvalue weighted by molar-refractivity contribution is 5.92. The molecule has 0 spiro atoms. The minimum absolute atomic E-state index is 0.0901. The molecule has 1 amide bonds. The summed E-state index contributed by atoms with van der Waals surface area (Å²) < 4.78 is 10.4. The van der Waals surface area contributed by atoms with E-state index in [2.05, 4.69) is 12.2 Å². The standard InChI is InChI=1S/C16H23NO3/c1-5-6-12(2)17-16(18)8-7-13-9-14(19-3)11-15(10-13)20-4/h7-12H,5-6H2,1-4H3,(H,17,18)/b8-7+. The Morgan fingerprint density at radius 3 is 2.35 bits per heavy atom. The van der Waals surface area contributed by atoms with Crippen LogP contribution < -0.4 is 14.8 Å². The van der Waals surface area contributed by atoms with Crippen molar-refractivity contribution in [2.45, 2.75) is 32.7 Å². The van der Waals surface area contributed by atoms with Crippen LogP contribution >= 0.6 is 0 Å². The van der Waals surface area contributed by atoms with E-state index in [4.69, 9.17) is 9.47 Å². The van der Waals surface area contributed by atoms with Crippen LogP contribution in [-0.4, -0.2) is 26.2 Å². The van der Waals surface area contributed by atoms with Crippen LogP contribution in [0.5, 0.6) is 11.5 Å². The van der Waals surface area contributed by atoms with Crippen molar-refractivity contribution in [2.24, 2.45) is 0 Å². The first-order valence-electron chi connectivity index (χ1n) is 6.80. The van der Waals surface area contributed by atoms with Crippen LogP contribution in [0, 0.1) is 0 Å². The highest BCUT2D eigenvalue weighted by atomic mass is 16.5. The maximum atomic E-state index is 11.8. The zero-order valence-electron chi connectivity index (χ0n) is 12.6. The predicted octanol–water partition coefficient (Wildman–Crippen LogP) is 3.02. The van der Waals surface area contributed by atoms with E-state index in [1.165, 1.54) is 6.08 Å². The number of amides is 1. The fourth-order valence-corrected chi connectivity index (χ4v) is 1.89. The van der Waals surface area contributed by atoms with Gasteiger partial charge >= 0.3 is 0 Å². The molecule has 0 radical (unpaired) electrons. The van der Waals surface area contributed by atoms with Gasteiger partial charge in [0.1, 0.15) is 11.5 Å². The lowest BCUT2D eigenvalue weighted by Crippen LogP contribution is -2.30. The number of hydrogen-bond donors (Lipinski definition) is 1. The summed E-state index contributed by atoms with van der Waals surface area (Å²) in [7, 11) is 3.20. The summed E-state index contributed by atoms with van der Waals surface area (Å²) in [5.41, 5.74) is 0.861. The summed E-state index contributed by atoms with van der Waals surface area (Å²) >= 11 is 0. The minimum atomic E-state index is -0.0901. The number of carbonyl (C=O) groups excluding carboxylic acids is 1. The molecule has 20 heavy (non-hydrogen) atoms. The third-order valence-electron chi connectivity index (χ3n) is 2.91. The van der Waals surface area contributed by atoms with Gasteiger partial charge in [0.2, 0.25) is 5.91 Å². The second-order valence-electron chi connectivity index (χ2n) is 4.68. The van der Waals surface area contributed by atoms with Crippen LogP contribution in [0.2, 0.25) is 0 Å². The average Bonchev–Trinajstić information content (AvgIpc) is 2.44. The quantitative estimate of drug-likeness (QED) is 0.779. The van der Waals surface area contributed by atoms with Crippen molar-refractivity contribution in [1.82, 2.24) is 5.32 Å². The Bertz CT molecular complexity index is 447. The van der Waals surface area contributed by atoms with E-state index in [0.717, 1.165) is 18.4 Å². The van der Waals surface area contributed by atoms with Crippen molar-refractivity contribution in [2.75, 3.05) is 14.2 Å². The van der Waals surface area contributed by atoms with E-state index in [9.17, 15) is 4.79 Å². The van der Waals surface area contributed by atoms with Crippen molar-refractivity contribution in [3.63, 3.8) is 0 Å². The lowest BCUT2D eigenvalue weighted by atomic mass is 10.1. The summed E-state index contributed by atoms with van der Waals surface area (Å²) in [6, 6.07) is 5.68. The summed E-state index contributed by atoms with van der Waals surface area (Å²) in [6.07, 6.45) is 5.31. The molecule has 0 saturated heterocycles. The van der Waals surface area contributed by atoms with Crippen LogP contribution in [0.4, 0.5) is 0 Å². The number of benzene rings is 1. The van der Waals surface area contributed by atoms with Gasteiger partial charge in [0, 0.05) is 18.2 Å². The summed E-state index contributed by atoms with van der Waals surface area (Å²) in [4.78, 5) is 11.8. The molecule has 0 fully saturated rings. The molecule has 1 atom stereocenters. The molecule has 1 aromatic carbocycles. The van der Waals surface area contributed by atoms with Crippen molar-refractivity contribution in [3.8, 4) is 11.5 Å². The van der Waals surface area contributed by atoms with E-state index < -0.39 is 0 Å². The van der Waals surface area contributed by atoms with Crippen LogP contribution in [0.25, 0.3) is 6.08 Å². The number of nitrogens with one attached hydrogen (secondary N) is 1. The van der Waals surface area contributed by atoms with Crippen molar-refractivity contribution in [1.29, 1.82) is 0 Å². The molecule has 0 aromatic heterocycles. The molecule has 4 heteroatoms. The SMILES string of the molecule is CCCC(C)NC(=O)/C=C/c1cc(OC)cc(OC)c1. The third-order valence-corrected chi connectivity index (χ3v) is 2.91. The Balaban J connectivity index is 2.71. The van der Waals surface area contributed by atoms with Gasteiger partial charge in [0.15, 0.2) is 0 Å². The zero-order valence-corrected chi connectivity index (χ0v) is 12.6. The Kier molecular flexibility index (Phi) is 6.64.